The Bertz CT molecular complexity index is 708. The number of hydrogen-bond acceptors (Lipinski definition) is 5. The first kappa shape index (κ1) is 15.2. The van der Waals surface area contributed by atoms with Gasteiger partial charge >= 0.3 is 11.9 Å². The van der Waals surface area contributed by atoms with E-state index in [1.165, 1.54) is 19.4 Å². The number of carboxylic acid groups (broad SMARTS) is 1. The number of nitrogens with zero attached hydrogens (tertiary/aromatic N) is 1. The Hall–Kier alpha value is -3.15. The van der Waals surface area contributed by atoms with E-state index < -0.39 is 11.9 Å². The van der Waals surface area contributed by atoms with Crippen molar-refractivity contribution in [3.8, 4) is 0 Å². The monoisotopic (exact) mass is 298 g/mol. The van der Waals surface area contributed by atoms with E-state index in [0.717, 1.165) is 5.56 Å². The van der Waals surface area contributed by atoms with E-state index in [1.54, 1.807) is 42.5 Å². The third-order valence-electron chi connectivity index (χ3n) is 2.89. The highest BCUT2D eigenvalue weighted by molar-refractivity contribution is 5.94. The number of rotatable bonds is 5. The summed E-state index contributed by atoms with van der Waals surface area (Å²) in [7, 11) is 1.32. The van der Waals surface area contributed by atoms with Crippen molar-refractivity contribution < 1.29 is 19.4 Å². The van der Waals surface area contributed by atoms with E-state index in [0.29, 0.717) is 11.3 Å². The van der Waals surface area contributed by atoms with Crippen LogP contribution < -0.4 is 5.43 Å². The summed E-state index contributed by atoms with van der Waals surface area (Å²) in [4.78, 5) is 22.4. The Morgan fingerprint density at radius 1 is 1.14 bits per heavy atom. The van der Waals surface area contributed by atoms with Crippen LogP contribution in [0.25, 0.3) is 0 Å². The van der Waals surface area contributed by atoms with Gasteiger partial charge in [0, 0.05) is 0 Å². The van der Waals surface area contributed by atoms with Crippen LogP contribution in [0.4, 0.5) is 5.69 Å². The highest BCUT2D eigenvalue weighted by atomic mass is 16.5. The highest BCUT2D eigenvalue weighted by Crippen LogP contribution is 2.14. The molecule has 0 aliphatic rings. The number of hydrogen-bond donors (Lipinski definition) is 2. The first-order chi connectivity index (χ1) is 10.6. The molecule has 2 N–H and O–H groups in total. The minimum atomic E-state index is -1.03. The van der Waals surface area contributed by atoms with Crippen molar-refractivity contribution in [2.75, 3.05) is 12.5 Å². The molecule has 0 fully saturated rings. The second-order valence-corrected chi connectivity index (χ2v) is 4.33. The molecule has 2 rings (SSSR count). The second kappa shape index (κ2) is 7.03. The van der Waals surface area contributed by atoms with Crippen molar-refractivity contribution in [1.29, 1.82) is 0 Å². The molecule has 6 heteroatoms. The van der Waals surface area contributed by atoms with Crippen LogP contribution in [0.2, 0.25) is 0 Å². The number of carbonyl (C=O) groups excluding carboxylic acids is 1. The van der Waals surface area contributed by atoms with E-state index in [9.17, 15) is 9.59 Å². The molecule has 112 valence electrons. The minimum Gasteiger partial charge on any atom is -0.478 e. The van der Waals surface area contributed by atoms with Crippen molar-refractivity contribution in [3.63, 3.8) is 0 Å². The van der Waals surface area contributed by atoms with Gasteiger partial charge < -0.3 is 9.84 Å². The maximum Gasteiger partial charge on any atom is 0.337 e. The minimum absolute atomic E-state index is 0.140. The first-order valence-electron chi connectivity index (χ1n) is 6.41. The van der Waals surface area contributed by atoms with Crippen LogP contribution in [0.15, 0.2) is 53.6 Å². The van der Waals surface area contributed by atoms with Gasteiger partial charge in [0.2, 0.25) is 0 Å². The molecule has 2 aromatic carbocycles. The fourth-order valence-corrected chi connectivity index (χ4v) is 1.77. The average molecular weight is 298 g/mol. The van der Waals surface area contributed by atoms with Crippen LogP contribution in [-0.2, 0) is 4.74 Å². The van der Waals surface area contributed by atoms with Gasteiger partial charge in [-0.15, -0.1) is 0 Å². The summed E-state index contributed by atoms with van der Waals surface area (Å²) >= 11 is 0. The van der Waals surface area contributed by atoms with Crippen molar-refractivity contribution >= 4 is 23.8 Å². The van der Waals surface area contributed by atoms with Gasteiger partial charge in [-0.2, -0.15) is 5.10 Å². The lowest BCUT2D eigenvalue weighted by Crippen LogP contribution is -2.02. The lowest BCUT2D eigenvalue weighted by Gasteiger charge is -2.04. The zero-order valence-electron chi connectivity index (χ0n) is 11.8. The molecule has 0 aliphatic heterocycles. The number of aromatic carboxylic acids is 1. The van der Waals surface area contributed by atoms with E-state index in [4.69, 9.17) is 5.11 Å². The van der Waals surface area contributed by atoms with Gasteiger partial charge in [0.05, 0.1) is 30.1 Å². The van der Waals surface area contributed by atoms with Gasteiger partial charge in [0.15, 0.2) is 0 Å². The van der Waals surface area contributed by atoms with E-state index >= 15 is 0 Å². The van der Waals surface area contributed by atoms with Gasteiger partial charge in [0.25, 0.3) is 0 Å². The van der Waals surface area contributed by atoms with Crippen LogP contribution in [-0.4, -0.2) is 30.4 Å². The van der Waals surface area contributed by atoms with Crippen LogP contribution in [0.5, 0.6) is 0 Å². The van der Waals surface area contributed by atoms with Gasteiger partial charge in [-0.25, -0.2) is 9.59 Å². The van der Waals surface area contributed by atoms with Crippen molar-refractivity contribution in [2.45, 2.75) is 0 Å². The molecule has 0 atom stereocenters. The molecule has 0 unspecified atom stereocenters. The number of ether oxygens (including phenoxy) is 1. The number of para-hydroxylation sites is 1. The molecular formula is C16H14N2O4. The van der Waals surface area contributed by atoms with Gasteiger partial charge in [0.1, 0.15) is 0 Å². The quantitative estimate of drug-likeness (QED) is 0.503. The van der Waals surface area contributed by atoms with E-state index in [2.05, 4.69) is 15.3 Å². The summed E-state index contributed by atoms with van der Waals surface area (Å²) < 4.78 is 4.61. The smallest absolute Gasteiger partial charge is 0.337 e. The molecule has 6 nitrogen and oxygen atoms in total. The van der Waals surface area contributed by atoms with E-state index in [-0.39, 0.29) is 5.56 Å². The van der Waals surface area contributed by atoms with Crippen molar-refractivity contribution in [3.05, 3.63) is 65.2 Å². The van der Waals surface area contributed by atoms with Crippen LogP contribution in [0, 0.1) is 0 Å². The summed E-state index contributed by atoms with van der Waals surface area (Å²) in [5.74, 6) is -1.43. The third-order valence-corrected chi connectivity index (χ3v) is 2.89. The standard InChI is InChI=1S/C16H14N2O4/c1-22-16(21)12-8-6-11(7-9-12)10-17-18-14-5-3-2-4-13(14)15(19)20/h2-10,18H,1H3,(H,19,20)/b17-10-. The molecule has 0 amide bonds. The molecule has 0 aromatic heterocycles. The van der Waals surface area contributed by atoms with Gasteiger partial charge in [-0.1, -0.05) is 24.3 Å². The number of esters is 1. The predicted molar refractivity (Wildman–Crippen MR) is 82.4 cm³/mol. The molecule has 2 aromatic rings. The van der Waals surface area contributed by atoms with Crippen molar-refractivity contribution in [1.82, 2.24) is 0 Å². The summed E-state index contributed by atoms with van der Waals surface area (Å²) in [6.45, 7) is 0. The molecule has 22 heavy (non-hydrogen) atoms. The molecular weight excluding hydrogens is 284 g/mol. The van der Waals surface area contributed by atoms with Crippen LogP contribution in [0.1, 0.15) is 26.3 Å². The second-order valence-electron chi connectivity index (χ2n) is 4.33. The number of benzene rings is 2. The van der Waals surface area contributed by atoms with Crippen LogP contribution in [0.3, 0.4) is 0 Å². The highest BCUT2D eigenvalue weighted by Gasteiger charge is 2.07. The fraction of sp³-hybridized carbons (Fsp3) is 0.0625. The summed E-state index contributed by atoms with van der Waals surface area (Å²) in [5, 5.41) is 13.0. The van der Waals surface area contributed by atoms with E-state index in [1.807, 2.05) is 0 Å². The van der Waals surface area contributed by atoms with Crippen LogP contribution >= 0.6 is 0 Å². The zero-order valence-corrected chi connectivity index (χ0v) is 11.8. The molecule has 0 spiro atoms. The summed E-state index contributed by atoms with van der Waals surface area (Å²) in [6.07, 6.45) is 1.53. The molecule has 0 bridgehead atoms. The van der Waals surface area contributed by atoms with Crippen molar-refractivity contribution in [2.24, 2.45) is 5.10 Å². The lowest BCUT2D eigenvalue weighted by molar-refractivity contribution is 0.0600. The maximum absolute atomic E-state index is 11.3. The number of hydrazone groups is 1. The summed E-state index contributed by atoms with van der Waals surface area (Å²) in [6, 6.07) is 13.1. The predicted octanol–water partition coefficient (Wildman–Crippen LogP) is 2.62. The average Bonchev–Trinajstić information content (AvgIpc) is 2.55. The number of methoxy groups -OCH3 is 1. The Kier molecular flexibility index (Phi) is 4.87. The normalized spacial score (nSPS) is 10.4. The molecule has 0 aliphatic carbocycles. The zero-order chi connectivity index (χ0) is 15.9. The molecule has 0 radical (unpaired) electrons. The van der Waals surface area contributed by atoms with Gasteiger partial charge in [-0.05, 0) is 29.8 Å². The number of carbonyl (C=O) groups is 2. The maximum atomic E-state index is 11.3. The molecule has 0 saturated heterocycles. The lowest BCUT2D eigenvalue weighted by atomic mass is 10.1. The molecule has 0 heterocycles. The molecule has 0 saturated carbocycles. The Balaban J connectivity index is 2.07. The Morgan fingerprint density at radius 2 is 1.82 bits per heavy atom. The Labute approximate surface area is 127 Å². The summed E-state index contributed by atoms with van der Waals surface area (Å²) in [5.41, 5.74) is 4.43. The first-order valence-corrected chi connectivity index (χ1v) is 6.41. The number of anilines is 1. The number of nitrogens with one attached hydrogen (secondary N) is 1. The Morgan fingerprint density at radius 3 is 2.45 bits per heavy atom. The van der Waals surface area contributed by atoms with Gasteiger partial charge in [-0.3, -0.25) is 5.43 Å². The number of carboxylic acids is 1. The fourth-order valence-electron chi connectivity index (χ4n) is 1.77. The SMILES string of the molecule is COC(=O)c1ccc(/C=N\Nc2ccccc2C(=O)O)cc1. The largest absolute Gasteiger partial charge is 0.478 e. The topological polar surface area (TPSA) is 88.0 Å². The third kappa shape index (κ3) is 3.69.